The van der Waals surface area contributed by atoms with Gasteiger partial charge in [0.25, 0.3) is 0 Å². The van der Waals surface area contributed by atoms with Crippen molar-refractivity contribution in [2.75, 3.05) is 11.4 Å². The molecule has 2 atom stereocenters. The third-order valence-corrected chi connectivity index (χ3v) is 3.60. The third kappa shape index (κ3) is 2.34. The van der Waals surface area contributed by atoms with E-state index in [2.05, 4.69) is 13.0 Å². The number of nitrogens with zero attached hydrogens (tertiary/aromatic N) is 1. The van der Waals surface area contributed by atoms with Gasteiger partial charge in [0.2, 0.25) is 0 Å². The fourth-order valence-electron chi connectivity index (χ4n) is 2.40. The fourth-order valence-corrected chi connectivity index (χ4v) is 2.40. The Morgan fingerprint density at radius 2 is 2.17 bits per heavy atom. The van der Waals surface area contributed by atoms with E-state index in [1.165, 1.54) is 12.5 Å². The van der Waals surface area contributed by atoms with Gasteiger partial charge < -0.3 is 15.1 Å². The highest BCUT2D eigenvalue weighted by atomic mass is 16.4. The highest BCUT2D eigenvalue weighted by molar-refractivity contribution is 5.78. The predicted octanol–water partition coefficient (Wildman–Crippen LogP) is 1.66. The zero-order chi connectivity index (χ0) is 13.3. The van der Waals surface area contributed by atoms with Gasteiger partial charge in [0, 0.05) is 11.7 Å². The highest BCUT2D eigenvalue weighted by Gasteiger charge is 2.35. The molecule has 0 saturated heterocycles. The van der Waals surface area contributed by atoms with Crippen molar-refractivity contribution >= 4 is 11.7 Å². The quantitative estimate of drug-likeness (QED) is 0.855. The van der Waals surface area contributed by atoms with Crippen LogP contribution in [0.25, 0.3) is 0 Å². The van der Waals surface area contributed by atoms with E-state index < -0.39 is 11.6 Å². The van der Waals surface area contributed by atoms with E-state index in [-0.39, 0.29) is 12.6 Å². The van der Waals surface area contributed by atoms with Crippen LogP contribution in [0.3, 0.4) is 0 Å². The second-order valence-corrected chi connectivity index (χ2v) is 5.22. The zero-order valence-electron chi connectivity index (χ0n) is 10.8. The van der Waals surface area contributed by atoms with Crippen LogP contribution in [-0.2, 0) is 11.2 Å². The number of carbonyl (C=O) groups is 1. The lowest BCUT2D eigenvalue weighted by Crippen LogP contribution is -2.51. The third-order valence-electron chi connectivity index (χ3n) is 3.60. The standard InChI is InChI=1S/C14H19NO3/c1-10-7-8-11-5-3-4-6-12(11)15(10)9-14(2,18)13(16)17/h3-6,10,18H,7-9H2,1-2H3,(H,16,17). The van der Waals surface area contributed by atoms with Crippen molar-refractivity contribution in [3.8, 4) is 0 Å². The Morgan fingerprint density at radius 3 is 2.83 bits per heavy atom. The van der Waals surface area contributed by atoms with Crippen molar-refractivity contribution in [3.63, 3.8) is 0 Å². The monoisotopic (exact) mass is 249 g/mol. The van der Waals surface area contributed by atoms with Crippen LogP contribution in [0.1, 0.15) is 25.8 Å². The van der Waals surface area contributed by atoms with E-state index >= 15 is 0 Å². The van der Waals surface area contributed by atoms with Crippen molar-refractivity contribution in [1.82, 2.24) is 0 Å². The number of aryl methyl sites for hydroxylation is 1. The first-order chi connectivity index (χ1) is 8.42. The Hall–Kier alpha value is -1.55. The molecule has 98 valence electrons. The molecule has 0 radical (unpaired) electrons. The lowest BCUT2D eigenvalue weighted by atomic mass is 9.94. The van der Waals surface area contributed by atoms with E-state index in [4.69, 9.17) is 5.11 Å². The van der Waals surface area contributed by atoms with E-state index in [0.717, 1.165) is 18.5 Å². The second-order valence-electron chi connectivity index (χ2n) is 5.22. The Kier molecular flexibility index (Phi) is 3.30. The van der Waals surface area contributed by atoms with Crippen LogP contribution >= 0.6 is 0 Å². The summed E-state index contributed by atoms with van der Waals surface area (Å²) in [7, 11) is 0. The van der Waals surface area contributed by atoms with Gasteiger partial charge in [-0.15, -0.1) is 0 Å². The van der Waals surface area contributed by atoms with Crippen molar-refractivity contribution in [2.45, 2.75) is 38.3 Å². The molecule has 2 N–H and O–H groups in total. The topological polar surface area (TPSA) is 60.8 Å². The average Bonchev–Trinajstić information content (AvgIpc) is 2.32. The molecule has 0 aromatic heterocycles. The maximum Gasteiger partial charge on any atom is 0.337 e. The van der Waals surface area contributed by atoms with Crippen molar-refractivity contribution in [1.29, 1.82) is 0 Å². The number of β-amino-alcohol motifs (C(OH)–C–C–N with tert-alkyl or cyclic N) is 1. The van der Waals surface area contributed by atoms with Crippen LogP contribution in [0.2, 0.25) is 0 Å². The molecule has 1 aromatic rings. The summed E-state index contributed by atoms with van der Waals surface area (Å²) in [5.74, 6) is -1.18. The smallest absolute Gasteiger partial charge is 0.337 e. The maximum absolute atomic E-state index is 11.0. The summed E-state index contributed by atoms with van der Waals surface area (Å²) in [6, 6.07) is 8.22. The number of carboxylic acids is 1. The number of fused-ring (bicyclic) bond motifs is 1. The van der Waals surface area contributed by atoms with Crippen molar-refractivity contribution in [3.05, 3.63) is 29.8 Å². The van der Waals surface area contributed by atoms with E-state index in [1.54, 1.807) is 0 Å². The summed E-state index contributed by atoms with van der Waals surface area (Å²) >= 11 is 0. The van der Waals surface area contributed by atoms with Crippen LogP contribution in [0.5, 0.6) is 0 Å². The largest absolute Gasteiger partial charge is 0.479 e. The molecule has 1 aliphatic rings. The van der Waals surface area contributed by atoms with Gasteiger partial charge in [-0.2, -0.15) is 0 Å². The molecule has 0 bridgehead atoms. The molecule has 1 aliphatic heterocycles. The summed E-state index contributed by atoms with van der Waals surface area (Å²) < 4.78 is 0. The lowest BCUT2D eigenvalue weighted by Gasteiger charge is -2.40. The molecule has 4 nitrogen and oxygen atoms in total. The summed E-state index contributed by atoms with van der Waals surface area (Å²) in [5.41, 5.74) is 0.535. The molecule has 1 heterocycles. The molecule has 0 spiro atoms. The van der Waals surface area contributed by atoms with E-state index in [1.807, 2.05) is 23.1 Å². The van der Waals surface area contributed by atoms with Crippen LogP contribution in [-0.4, -0.2) is 34.4 Å². The number of anilines is 1. The van der Waals surface area contributed by atoms with Crippen LogP contribution in [0.4, 0.5) is 5.69 Å². The van der Waals surface area contributed by atoms with Gasteiger partial charge in [-0.3, -0.25) is 0 Å². The first-order valence-electron chi connectivity index (χ1n) is 6.22. The Morgan fingerprint density at radius 1 is 1.50 bits per heavy atom. The molecule has 18 heavy (non-hydrogen) atoms. The Balaban J connectivity index is 2.30. The van der Waals surface area contributed by atoms with Crippen molar-refractivity contribution in [2.24, 2.45) is 0 Å². The molecule has 0 amide bonds. The first-order valence-corrected chi connectivity index (χ1v) is 6.22. The molecule has 1 aromatic carbocycles. The second kappa shape index (κ2) is 4.61. The average molecular weight is 249 g/mol. The number of benzene rings is 1. The number of aliphatic carboxylic acids is 1. The number of hydrogen-bond acceptors (Lipinski definition) is 3. The molecule has 2 rings (SSSR count). The number of aliphatic hydroxyl groups is 1. The van der Waals surface area contributed by atoms with Crippen molar-refractivity contribution < 1.29 is 15.0 Å². The van der Waals surface area contributed by atoms with Gasteiger partial charge >= 0.3 is 5.97 Å². The molecule has 2 unspecified atom stereocenters. The van der Waals surface area contributed by atoms with Gasteiger partial charge in [-0.25, -0.2) is 4.79 Å². The normalized spacial score (nSPS) is 22.2. The predicted molar refractivity (Wildman–Crippen MR) is 69.8 cm³/mol. The number of rotatable bonds is 3. The van der Waals surface area contributed by atoms with Gasteiger partial charge in [-0.05, 0) is 38.3 Å². The summed E-state index contributed by atoms with van der Waals surface area (Å²) in [4.78, 5) is 13.0. The number of hydrogen-bond donors (Lipinski definition) is 2. The summed E-state index contributed by atoms with van der Waals surface area (Å²) in [6.45, 7) is 3.52. The van der Waals surface area contributed by atoms with E-state index in [9.17, 15) is 9.90 Å². The van der Waals surface area contributed by atoms with Gasteiger partial charge in [0.15, 0.2) is 5.60 Å². The molecular weight excluding hydrogens is 230 g/mol. The molecular formula is C14H19NO3. The van der Waals surface area contributed by atoms with Crippen LogP contribution in [0, 0.1) is 0 Å². The number of para-hydroxylation sites is 1. The number of carboxylic acid groups (broad SMARTS) is 1. The van der Waals surface area contributed by atoms with Crippen LogP contribution in [0.15, 0.2) is 24.3 Å². The maximum atomic E-state index is 11.0. The SMILES string of the molecule is CC1CCc2ccccc2N1CC(C)(O)C(=O)O. The van der Waals surface area contributed by atoms with Gasteiger partial charge in [-0.1, -0.05) is 18.2 Å². The lowest BCUT2D eigenvalue weighted by molar-refractivity contribution is -0.155. The minimum Gasteiger partial charge on any atom is -0.479 e. The van der Waals surface area contributed by atoms with E-state index in [0.29, 0.717) is 0 Å². The molecule has 0 fully saturated rings. The first kappa shape index (κ1) is 12.9. The minimum atomic E-state index is -1.72. The Bertz CT molecular complexity index is 456. The molecule has 4 heteroatoms. The highest BCUT2D eigenvalue weighted by Crippen LogP contribution is 2.31. The molecule has 0 aliphatic carbocycles. The zero-order valence-corrected chi connectivity index (χ0v) is 10.8. The fraction of sp³-hybridized carbons (Fsp3) is 0.500. The summed E-state index contributed by atoms with van der Waals surface area (Å²) in [6.07, 6.45) is 1.98. The Labute approximate surface area is 107 Å². The summed E-state index contributed by atoms with van der Waals surface area (Å²) in [5, 5.41) is 19.0. The van der Waals surface area contributed by atoms with Gasteiger partial charge in [0.05, 0.1) is 6.54 Å². The van der Waals surface area contributed by atoms with Gasteiger partial charge in [0.1, 0.15) is 0 Å². The van der Waals surface area contributed by atoms with Crippen LogP contribution < -0.4 is 4.90 Å². The molecule has 0 saturated carbocycles. The minimum absolute atomic E-state index is 0.112.